The lowest BCUT2D eigenvalue weighted by Crippen LogP contribution is -2.42. The third kappa shape index (κ3) is 4.07. The van der Waals surface area contributed by atoms with Crippen LogP contribution < -0.4 is 5.32 Å². The summed E-state index contributed by atoms with van der Waals surface area (Å²) in [4.78, 5) is 0. The molecule has 0 saturated carbocycles. The molecule has 0 spiro atoms. The minimum Gasteiger partial charge on any atom is -0.392 e. The van der Waals surface area contributed by atoms with Crippen molar-refractivity contribution in [2.24, 2.45) is 5.92 Å². The molecule has 1 saturated heterocycles. The fourth-order valence-electron chi connectivity index (χ4n) is 2.27. The molecular formula is C11H23NO3. The Bertz CT molecular complexity index is 179. The molecule has 0 bridgehead atoms. The second kappa shape index (κ2) is 5.80. The lowest BCUT2D eigenvalue weighted by atomic mass is 9.80. The van der Waals surface area contributed by atoms with Crippen LogP contribution in [0.1, 0.15) is 26.2 Å². The van der Waals surface area contributed by atoms with Crippen LogP contribution in [-0.2, 0) is 4.74 Å². The van der Waals surface area contributed by atoms with Gasteiger partial charge in [0.1, 0.15) is 0 Å². The number of nitrogens with one attached hydrogen (secondary N) is 1. The minimum absolute atomic E-state index is 0.248. The molecule has 15 heavy (non-hydrogen) atoms. The van der Waals surface area contributed by atoms with Crippen molar-refractivity contribution >= 4 is 0 Å². The Morgan fingerprint density at radius 3 is 2.60 bits per heavy atom. The van der Waals surface area contributed by atoms with Crippen molar-refractivity contribution in [1.29, 1.82) is 0 Å². The van der Waals surface area contributed by atoms with Crippen LogP contribution in [-0.4, -0.2) is 48.7 Å². The van der Waals surface area contributed by atoms with E-state index in [1.807, 2.05) is 6.92 Å². The van der Waals surface area contributed by atoms with Gasteiger partial charge in [0, 0.05) is 26.2 Å². The number of aliphatic hydroxyl groups is 2. The van der Waals surface area contributed by atoms with E-state index in [1.165, 1.54) is 0 Å². The van der Waals surface area contributed by atoms with Crippen molar-refractivity contribution in [3.05, 3.63) is 0 Å². The van der Waals surface area contributed by atoms with Gasteiger partial charge < -0.3 is 20.3 Å². The van der Waals surface area contributed by atoms with Crippen LogP contribution in [0.2, 0.25) is 0 Å². The number of hydrogen-bond acceptors (Lipinski definition) is 4. The van der Waals surface area contributed by atoms with Crippen LogP contribution >= 0.6 is 0 Å². The van der Waals surface area contributed by atoms with Gasteiger partial charge in [-0.2, -0.15) is 0 Å². The van der Waals surface area contributed by atoms with Gasteiger partial charge in [-0.15, -0.1) is 0 Å². The standard InChI is InChI=1S/C11H23NO3/c1-11(14,7-10(13)8-12-2)9-3-5-15-6-4-9/h9-10,12-14H,3-8H2,1-2H3/t10-,11-/m0/s1. The predicted octanol–water partition coefficient (Wildman–Crippen LogP) is 0.134. The van der Waals surface area contributed by atoms with E-state index in [1.54, 1.807) is 7.05 Å². The largest absolute Gasteiger partial charge is 0.392 e. The fourth-order valence-corrected chi connectivity index (χ4v) is 2.27. The van der Waals surface area contributed by atoms with Crippen molar-refractivity contribution < 1.29 is 14.9 Å². The third-order valence-electron chi connectivity index (χ3n) is 3.19. The summed E-state index contributed by atoms with van der Waals surface area (Å²) in [5.74, 6) is 0.248. The maximum absolute atomic E-state index is 10.3. The van der Waals surface area contributed by atoms with Gasteiger partial charge in [-0.05, 0) is 32.7 Å². The summed E-state index contributed by atoms with van der Waals surface area (Å²) < 4.78 is 5.26. The molecule has 0 aromatic carbocycles. The first-order valence-electron chi connectivity index (χ1n) is 5.69. The van der Waals surface area contributed by atoms with Gasteiger partial charge in [0.25, 0.3) is 0 Å². The smallest absolute Gasteiger partial charge is 0.0691 e. The van der Waals surface area contributed by atoms with E-state index in [2.05, 4.69) is 5.32 Å². The monoisotopic (exact) mass is 217 g/mol. The van der Waals surface area contributed by atoms with E-state index in [-0.39, 0.29) is 5.92 Å². The molecule has 4 heteroatoms. The van der Waals surface area contributed by atoms with Crippen molar-refractivity contribution in [3.8, 4) is 0 Å². The highest BCUT2D eigenvalue weighted by Gasteiger charge is 2.34. The molecule has 1 aliphatic heterocycles. The van der Waals surface area contributed by atoms with Crippen molar-refractivity contribution in [2.45, 2.75) is 37.9 Å². The van der Waals surface area contributed by atoms with Crippen molar-refractivity contribution in [3.63, 3.8) is 0 Å². The zero-order valence-corrected chi connectivity index (χ0v) is 9.70. The normalized spacial score (nSPS) is 24.8. The topological polar surface area (TPSA) is 61.7 Å². The molecule has 1 rings (SSSR count). The van der Waals surface area contributed by atoms with E-state index >= 15 is 0 Å². The van der Waals surface area contributed by atoms with E-state index in [0.717, 1.165) is 26.1 Å². The van der Waals surface area contributed by atoms with E-state index in [4.69, 9.17) is 4.74 Å². The van der Waals surface area contributed by atoms with Gasteiger partial charge in [-0.25, -0.2) is 0 Å². The second-order valence-electron chi connectivity index (χ2n) is 4.66. The maximum Gasteiger partial charge on any atom is 0.0691 e. The Balaban J connectivity index is 2.41. The fraction of sp³-hybridized carbons (Fsp3) is 1.00. The molecule has 0 amide bonds. The van der Waals surface area contributed by atoms with Gasteiger partial charge in [0.05, 0.1) is 11.7 Å². The molecule has 0 aliphatic carbocycles. The first kappa shape index (κ1) is 12.9. The zero-order chi connectivity index (χ0) is 11.3. The Morgan fingerprint density at radius 1 is 1.47 bits per heavy atom. The predicted molar refractivity (Wildman–Crippen MR) is 58.7 cm³/mol. The molecular weight excluding hydrogens is 194 g/mol. The molecule has 2 atom stereocenters. The summed E-state index contributed by atoms with van der Waals surface area (Å²) in [6, 6.07) is 0. The average molecular weight is 217 g/mol. The number of ether oxygens (including phenoxy) is 1. The van der Waals surface area contributed by atoms with Gasteiger partial charge in [-0.1, -0.05) is 0 Å². The third-order valence-corrected chi connectivity index (χ3v) is 3.19. The van der Waals surface area contributed by atoms with Crippen LogP contribution in [0, 0.1) is 5.92 Å². The van der Waals surface area contributed by atoms with Gasteiger partial charge in [0.2, 0.25) is 0 Å². The number of rotatable bonds is 5. The maximum atomic E-state index is 10.3. The first-order chi connectivity index (χ1) is 7.06. The second-order valence-corrected chi connectivity index (χ2v) is 4.66. The summed E-state index contributed by atoms with van der Waals surface area (Å²) in [7, 11) is 1.80. The van der Waals surface area contributed by atoms with E-state index in [0.29, 0.717) is 13.0 Å². The van der Waals surface area contributed by atoms with Gasteiger partial charge >= 0.3 is 0 Å². The summed E-state index contributed by atoms with van der Waals surface area (Å²) in [5.41, 5.74) is -0.778. The lowest BCUT2D eigenvalue weighted by Gasteiger charge is -2.36. The summed E-state index contributed by atoms with van der Waals surface area (Å²) in [6.45, 7) is 3.80. The van der Waals surface area contributed by atoms with Crippen LogP contribution in [0.4, 0.5) is 0 Å². The minimum atomic E-state index is -0.778. The van der Waals surface area contributed by atoms with Crippen LogP contribution in [0.15, 0.2) is 0 Å². The Morgan fingerprint density at radius 2 is 2.07 bits per heavy atom. The molecule has 0 radical (unpaired) electrons. The van der Waals surface area contributed by atoms with E-state index in [9.17, 15) is 10.2 Å². The molecule has 1 fully saturated rings. The van der Waals surface area contributed by atoms with Crippen LogP contribution in [0.3, 0.4) is 0 Å². The Kier molecular flexibility index (Phi) is 4.99. The summed E-state index contributed by atoms with van der Waals surface area (Å²) in [6.07, 6.45) is 1.73. The Labute approximate surface area is 91.6 Å². The highest BCUT2D eigenvalue weighted by Crippen LogP contribution is 2.30. The molecule has 0 unspecified atom stereocenters. The van der Waals surface area contributed by atoms with Crippen LogP contribution in [0.5, 0.6) is 0 Å². The molecule has 90 valence electrons. The van der Waals surface area contributed by atoms with Crippen molar-refractivity contribution in [1.82, 2.24) is 5.32 Å². The highest BCUT2D eigenvalue weighted by atomic mass is 16.5. The Hall–Kier alpha value is -0.160. The lowest BCUT2D eigenvalue weighted by molar-refractivity contribution is -0.0772. The number of aliphatic hydroxyl groups excluding tert-OH is 1. The van der Waals surface area contributed by atoms with Crippen LogP contribution in [0.25, 0.3) is 0 Å². The molecule has 4 nitrogen and oxygen atoms in total. The molecule has 3 N–H and O–H groups in total. The van der Waals surface area contributed by atoms with Crippen molar-refractivity contribution in [2.75, 3.05) is 26.8 Å². The van der Waals surface area contributed by atoms with E-state index < -0.39 is 11.7 Å². The quantitative estimate of drug-likeness (QED) is 0.613. The molecule has 0 aromatic rings. The first-order valence-corrected chi connectivity index (χ1v) is 5.69. The summed E-state index contributed by atoms with van der Waals surface area (Å²) in [5, 5.41) is 22.9. The van der Waals surface area contributed by atoms with Gasteiger partial charge in [-0.3, -0.25) is 0 Å². The summed E-state index contributed by atoms with van der Waals surface area (Å²) >= 11 is 0. The zero-order valence-electron chi connectivity index (χ0n) is 9.70. The average Bonchev–Trinajstić information content (AvgIpc) is 2.18. The number of hydrogen-bond donors (Lipinski definition) is 3. The van der Waals surface area contributed by atoms with Gasteiger partial charge in [0.15, 0.2) is 0 Å². The molecule has 1 heterocycles. The SMILES string of the molecule is CNC[C@@H](O)C[C@](C)(O)C1CCOCC1. The molecule has 1 aliphatic rings. The highest BCUT2D eigenvalue weighted by molar-refractivity contribution is 4.86. The molecule has 0 aromatic heterocycles. The number of likely N-dealkylation sites (N-methyl/N-ethyl adjacent to an activating group) is 1.